The molecule has 1 atom stereocenters. The summed E-state index contributed by atoms with van der Waals surface area (Å²) in [5.74, 6) is 0.890. The topological polar surface area (TPSA) is 122 Å². The summed E-state index contributed by atoms with van der Waals surface area (Å²) in [6, 6.07) is 6.63. The Balaban J connectivity index is 1.44. The van der Waals surface area contributed by atoms with E-state index in [-0.39, 0.29) is 24.2 Å². The minimum absolute atomic E-state index is 0.0473. The third-order valence-corrected chi connectivity index (χ3v) is 6.48. The number of methoxy groups -OCH3 is 1. The minimum Gasteiger partial charge on any atom is -0.497 e. The van der Waals surface area contributed by atoms with Gasteiger partial charge >= 0.3 is 6.03 Å². The first-order valence-electron chi connectivity index (χ1n) is 10.5. The number of benzene rings is 1. The summed E-state index contributed by atoms with van der Waals surface area (Å²) in [6.45, 7) is 1.45. The molecule has 10 nitrogen and oxygen atoms in total. The van der Waals surface area contributed by atoms with Crippen LogP contribution in [0.25, 0.3) is 10.8 Å². The van der Waals surface area contributed by atoms with Crippen molar-refractivity contribution >= 4 is 28.7 Å². The van der Waals surface area contributed by atoms with Gasteiger partial charge in [-0.2, -0.15) is 0 Å². The van der Waals surface area contributed by atoms with E-state index in [1.165, 1.54) is 0 Å². The van der Waals surface area contributed by atoms with Crippen LogP contribution < -0.4 is 20.3 Å². The molecule has 166 valence electrons. The fourth-order valence-corrected chi connectivity index (χ4v) is 4.81. The quantitative estimate of drug-likeness (QED) is 0.520. The van der Waals surface area contributed by atoms with Gasteiger partial charge in [0.15, 0.2) is 5.88 Å². The number of anilines is 1. The Hall–Kier alpha value is -3.82. The summed E-state index contributed by atoms with van der Waals surface area (Å²) in [5.41, 5.74) is -1.16. The van der Waals surface area contributed by atoms with E-state index in [1.807, 2.05) is 6.07 Å². The van der Waals surface area contributed by atoms with E-state index in [4.69, 9.17) is 4.74 Å². The average Bonchev–Trinajstić information content (AvgIpc) is 3.29. The first-order chi connectivity index (χ1) is 15.5. The molecule has 32 heavy (non-hydrogen) atoms. The highest BCUT2D eigenvalue weighted by Gasteiger charge is 2.53. The van der Waals surface area contributed by atoms with E-state index >= 15 is 0 Å². The number of carbonyl (C=O) groups is 2. The molecule has 4 heterocycles. The van der Waals surface area contributed by atoms with Gasteiger partial charge in [-0.25, -0.2) is 14.8 Å². The van der Waals surface area contributed by atoms with Gasteiger partial charge in [0.25, 0.3) is 5.91 Å². The van der Waals surface area contributed by atoms with Crippen LogP contribution in [0, 0.1) is 5.92 Å². The predicted molar refractivity (Wildman–Crippen MR) is 117 cm³/mol. The molecule has 3 amide bonds. The Morgan fingerprint density at radius 1 is 1.22 bits per heavy atom. The molecule has 10 heteroatoms. The van der Waals surface area contributed by atoms with Crippen LogP contribution in [0.2, 0.25) is 0 Å². The van der Waals surface area contributed by atoms with E-state index in [1.54, 1.807) is 48.5 Å². The summed E-state index contributed by atoms with van der Waals surface area (Å²) in [7, 11) is 1.58. The average molecular weight is 436 g/mol. The van der Waals surface area contributed by atoms with Crippen molar-refractivity contribution in [3.05, 3.63) is 42.9 Å². The molecular weight excluding hydrogens is 412 g/mol. The highest BCUT2D eigenvalue weighted by Crippen LogP contribution is 2.37. The van der Waals surface area contributed by atoms with Crippen LogP contribution in [-0.2, 0) is 11.3 Å². The van der Waals surface area contributed by atoms with Gasteiger partial charge in [-0.3, -0.25) is 10.1 Å². The van der Waals surface area contributed by atoms with Crippen LogP contribution in [0.15, 0.2) is 42.9 Å². The molecule has 0 spiro atoms. The number of rotatable bonds is 5. The Kier molecular flexibility index (Phi) is 4.84. The molecule has 2 aliphatic heterocycles. The Bertz CT molecular complexity index is 1170. The van der Waals surface area contributed by atoms with E-state index in [9.17, 15) is 14.7 Å². The van der Waals surface area contributed by atoms with Gasteiger partial charge in [-0.15, -0.1) is 0 Å². The second-order valence-corrected chi connectivity index (χ2v) is 8.22. The van der Waals surface area contributed by atoms with Crippen molar-refractivity contribution in [2.75, 3.05) is 25.1 Å². The fourth-order valence-electron chi connectivity index (χ4n) is 4.81. The molecule has 2 fully saturated rings. The molecule has 0 saturated carbocycles. The van der Waals surface area contributed by atoms with Gasteiger partial charge in [0.05, 0.1) is 13.7 Å². The third-order valence-electron chi connectivity index (χ3n) is 6.48. The number of hydrogen-bond donors (Lipinski definition) is 3. The summed E-state index contributed by atoms with van der Waals surface area (Å²) in [4.78, 5) is 35.9. The highest BCUT2D eigenvalue weighted by molar-refractivity contribution is 6.07. The minimum atomic E-state index is -1.16. The van der Waals surface area contributed by atoms with Crippen molar-refractivity contribution in [3.8, 4) is 11.6 Å². The summed E-state index contributed by atoms with van der Waals surface area (Å²) in [6.07, 6.45) is 6.52. The fraction of sp³-hybridized carbons (Fsp3) is 0.364. The van der Waals surface area contributed by atoms with Crippen molar-refractivity contribution in [3.63, 3.8) is 0 Å². The van der Waals surface area contributed by atoms with Crippen LogP contribution in [0.1, 0.15) is 12.8 Å². The number of nitrogens with zero attached hydrogens (tertiary/aromatic N) is 4. The number of nitrogens with one attached hydrogen (secondary N) is 2. The van der Waals surface area contributed by atoms with Crippen LogP contribution >= 0.6 is 0 Å². The standard InChI is InChI=1S/C22H24N6O4/c1-32-16-3-4-17-14(11-16)12-28(18(17)29)13-22(19(30)25-21(31)26-22)15-5-9-27(10-6-15)20-23-7-2-8-24-20/h2-4,7-8,11-12,15,29H,5-6,9-10,13H2,1H3,(H2,25,26,30,31). The molecule has 2 saturated heterocycles. The van der Waals surface area contributed by atoms with E-state index in [2.05, 4.69) is 25.5 Å². The van der Waals surface area contributed by atoms with Crippen molar-refractivity contribution < 1.29 is 19.4 Å². The Labute approximate surface area is 184 Å². The molecule has 3 N–H and O–H groups in total. The number of urea groups is 1. The smallest absolute Gasteiger partial charge is 0.322 e. The summed E-state index contributed by atoms with van der Waals surface area (Å²) in [5, 5.41) is 17.5. The normalized spacial score (nSPS) is 21.6. The molecule has 1 unspecified atom stereocenters. The van der Waals surface area contributed by atoms with Crippen LogP contribution in [0.4, 0.5) is 10.7 Å². The van der Waals surface area contributed by atoms with Crippen molar-refractivity contribution in [2.24, 2.45) is 5.92 Å². The Morgan fingerprint density at radius 2 is 1.97 bits per heavy atom. The van der Waals surface area contributed by atoms with Gasteiger partial charge in [0.1, 0.15) is 11.3 Å². The maximum atomic E-state index is 13.0. The second-order valence-electron chi connectivity index (χ2n) is 8.22. The lowest BCUT2D eigenvalue weighted by atomic mass is 9.77. The number of imide groups is 1. The number of aromatic hydroxyl groups is 1. The predicted octanol–water partition coefficient (Wildman–Crippen LogP) is 1.64. The first-order valence-corrected chi connectivity index (χ1v) is 10.5. The monoisotopic (exact) mass is 436 g/mol. The maximum Gasteiger partial charge on any atom is 0.322 e. The van der Waals surface area contributed by atoms with Crippen LogP contribution in [0.3, 0.4) is 0 Å². The van der Waals surface area contributed by atoms with Crippen molar-refractivity contribution in [1.29, 1.82) is 0 Å². The number of fused-ring (bicyclic) bond motifs is 1. The van der Waals surface area contributed by atoms with Gasteiger partial charge in [0.2, 0.25) is 5.95 Å². The zero-order valence-corrected chi connectivity index (χ0v) is 17.6. The zero-order chi connectivity index (χ0) is 22.3. The lowest BCUT2D eigenvalue weighted by Gasteiger charge is -2.40. The van der Waals surface area contributed by atoms with Crippen molar-refractivity contribution in [1.82, 2.24) is 25.2 Å². The summed E-state index contributed by atoms with van der Waals surface area (Å²) < 4.78 is 6.90. The van der Waals surface area contributed by atoms with Gasteiger partial charge < -0.3 is 24.6 Å². The number of amides is 3. The van der Waals surface area contributed by atoms with Gasteiger partial charge in [0, 0.05) is 42.5 Å². The first kappa shape index (κ1) is 20.1. The van der Waals surface area contributed by atoms with E-state index in [0.717, 1.165) is 5.39 Å². The summed E-state index contributed by atoms with van der Waals surface area (Å²) >= 11 is 0. The third kappa shape index (κ3) is 3.28. The molecule has 0 aliphatic carbocycles. The SMILES string of the molecule is COc1ccc2c(O)n(CC3(C4CCN(c5ncccn5)CC4)NC(=O)NC3=O)cc2c1. The van der Waals surface area contributed by atoms with E-state index in [0.29, 0.717) is 43.0 Å². The molecular formula is C22H24N6O4. The molecule has 2 aliphatic rings. The molecule has 5 rings (SSSR count). The lowest BCUT2D eigenvalue weighted by molar-refractivity contribution is -0.127. The largest absolute Gasteiger partial charge is 0.497 e. The second kappa shape index (κ2) is 7.70. The van der Waals surface area contributed by atoms with Crippen LogP contribution in [0.5, 0.6) is 11.6 Å². The molecule has 0 bridgehead atoms. The molecule has 2 aromatic heterocycles. The zero-order valence-electron chi connectivity index (χ0n) is 17.6. The van der Waals surface area contributed by atoms with Gasteiger partial charge in [-0.1, -0.05) is 0 Å². The number of aromatic nitrogens is 3. The highest BCUT2D eigenvalue weighted by atomic mass is 16.5. The Morgan fingerprint density at radius 3 is 2.62 bits per heavy atom. The molecule has 3 aromatic rings. The molecule has 0 radical (unpaired) electrons. The number of hydrogen-bond acceptors (Lipinski definition) is 7. The number of piperidine rings is 1. The van der Waals surface area contributed by atoms with Crippen molar-refractivity contribution in [2.45, 2.75) is 24.9 Å². The number of ether oxygens (including phenoxy) is 1. The molecule has 1 aromatic carbocycles. The van der Waals surface area contributed by atoms with Gasteiger partial charge in [-0.05, 0) is 43.0 Å². The maximum absolute atomic E-state index is 13.0. The lowest BCUT2D eigenvalue weighted by Crippen LogP contribution is -2.58. The van der Waals surface area contributed by atoms with Crippen LogP contribution in [-0.4, -0.2) is 57.3 Å². The van der Waals surface area contributed by atoms with E-state index < -0.39 is 11.6 Å². The number of carbonyl (C=O) groups excluding carboxylic acids is 2.